The normalized spacial score (nSPS) is 10.5. The number of nitro benzene ring substituents is 1. The summed E-state index contributed by atoms with van der Waals surface area (Å²) in [5.74, 6) is -0.00454. The second-order valence-electron chi connectivity index (χ2n) is 4.58. The summed E-state index contributed by atoms with van der Waals surface area (Å²) >= 11 is 5.78. The molecule has 1 amide bonds. The minimum Gasteiger partial charge on any atom is -0.397 e. The first-order chi connectivity index (χ1) is 8.82. The highest BCUT2D eigenvalue weighted by molar-refractivity contribution is 6.34. The van der Waals surface area contributed by atoms with Gasteiger partial charge in [0.15, 0.2) is 0 Å². The number of nitrogens with two attached hydrogens (primary N) is 1. The molecule has 0 unspecified atom stereocenters. The van der Waals surface area contributed by atoms with Crippen LogP contribution in [0.5, 0.6) is 0 Å². The van der Waals surface area contributed by atoms with Crippen LogP contribution >= 0.6 is 11.6 Å². The van der Waals surface area contributed by atoms with E-state index < -0.39 is 10.8 Å². The maximum Gasteiger partial charge on any atom is 0.271 e. The van der Waals surface area contributed by atoms with E-state index in [0.717, 1.165) is 18.6 Å². The smallest absolute Gasteiger partial charge is 0.271 e. The summed E-state index contributed by atoms with van der Waals surface area (Å²) in [4.78, 5) is 22.0. The van der Waals surface area contributed by atoms with E-state index in [4.69, 9.17) is 17.3 Å². The maximum atomic E-state index is 11.9. The van der Waals surface area contributed by atoms with Crippen molar-refractivity contribution >= 4 is 28.9 Å². The van der Waals surface area contributed by atoms with Crippen molar-refractivity contribution < 1.29 is 9.72 Å². The van der Waals surface area contributed by atoms with Gasteiger partial charge in [-0.1, -0.05) is 25.4 Å². The summed E-state index contributed by atoms with van der Waals surface area (Å²) in [5, 5.41) is 13.4. The highest BCUT2D eigenvalue weighted by atomic mass is 35.5. The zero-order chi connectivity index (χ0) is 14.6. The molecular formula is C12H16ClN3O3. The van der Waals surface area contributed by atoms with Gasteiger partial charge in [-0.3, -0.25) is 14.9 Å². The molecule has 0 heterocycles. The molecule has 7 heteroatoms. The van der Waals surface area contributed by atoms with Gasteiger partial charge < -0.3 is 11.1 Å². The SMILES string of the molecule is CC(C)CCNC(=O)c1cc([N+](=O)[O-])cc(Cl)c1N. The van der Waals surface area contributed by atoms with Crippen LogP contribution in [0, 0.1) is 16.0 Å². The van der Waals surface area contributed by atoms with E-state index in [1.165, 1.54) is 0 Å². The van der Waals surface area contributed by atoms with E-state index in [9.17, 15) is 14.9 Å². The molecule has 0 aliphatic heterocycles. The van der Waals surface area contributed by atoms with Gasteiger partial charge in [0.05, 0.1) is 21.2 Å². The molecule has 0 aliphatic carbocycles. The molecule has 3 N–H and O–H groups in total. The summed E-state index contributed by atoms with van der Waals surface area (Å²) < 4.78 is 0. The Morgan fingerprint density at radius 3 is 2.68 bits per heavy atom. The number of nitrogen functional groups attached to an aromatic ring is 1. The van der Waals surface area contributed by atoms with Gasteiger partial charge in [0, 0.05) is 18.7 Å². The number of nitrogens with zero attached hydrogens (tertiary/aromatic N) is 1. The molecule has 0 saturated carbocycles. The van der Waals surface area contributed by atoms with Crippen molar-refractivity contribution in [3.63, 3.8) is 0 Å². The van der Waals surface area contributed by atoms with Crippen LogP contribution in [0.25, 0.3) is 0 Å². The average molecular weight is 286 g/mol. The van der Waals surface area contributed by atoms with Gasteiger partial charge in [-0.15, -0.1) is 0 Å². The van der Waals surface area contributed by atoms with Gasteiger partial charge in [-0.2, -0.15) is 0 Å². The van der Waals surface area contributed by atoms with Gasteiger partial charge in [-0.05, 0) is 12.3 Å². The molecule has 6 nitrogen and oxygen atoms in total. The number of hydrogen-bond donors (Lipinski definition) is 2. The summed E-state index contributed by atoms with van der Waals surface area (Å²) in [5.41, 5.74) is 5.49. The number of anilines is 1. The number of non-ortho nitro benzene ring substituents is 1. The van der Waals surface area contributed by atoms with E-state index >= 15 is 0 Å². The fourth-order valence-electron chi connectivity index (χ4n) is 1.47. The number of hydrogen-bond acceptors (Lipinski definition) is 4. The van der Waals surface area contributed by atoms with Crippen molar-refractivity contribution in [3.05, 3.63) is 32.8 Å². The minimum atomic E-state index is -0.615. The monoisotopic (exact) mass is 285 g/mol. The Balaban J connectivity index is 2.92. The minimum absolute atomic E-state index is 0.00297. The summed E-state index contributed by atoms with van der Waals surface area (Å²) in [6.07, 6.45) is 0.814. The lowest BCUT2D eigenvalue weighted by Crippen LogP contribution is -2.26. The Kier molecular flexibility index (Phi) is 5.11. The average Bonchev–Trinajstić information content (AvgIpc) is 2.31. The molecular weight excluding hydrogens is 270 g/mol. The number of carbonyl (C=O) groups excluding carboxylic acids is 1. The van der Waals surface area contributed by atoms with Crippen molar-refractivity contribution in [1.29, 1.82) is 0 Å². The van der Waals surface area contributed by atoms with Crippen LogP contribution in [0.2, 0.25) is 5.02 Å². The first-order valence-corrected chi connectivity index (χ1v) is 6.22. The number of nitro groups is 1. The molecule has 0 fully saturated rings. The molecule has 1 rings (SSSR count). The third-order valence-corrected chi connectivity index (χ3v) is 2.89. The lowest BCUT2D eigenvalue weighted by molar-refractivity contribution is -0.384. The molecule has 104 valence electrons. The number of benzene rings is 1. The highest BCUT2D eigenvalue weighted by Gasteiger charge is 2.18. The van der Waals surface area contributed by atoms with Crippen LogP contribution in [-0.4, -0.2) is 17.4 Å². The third kappa shape index (κ3) is 4.10. The zero-order valence-corrected chi connectivity index (χ0v) is 11.5. The number of carbonyl (C=O) groups is 1. The van der Waals surface area contributed by atoms with E-state index in [1.54, 1.807) is 0 Å². The van der Waals surface area contributed by atoms with Gasteiger partial charge in [0.25, 0.3) is 11.6 Å². The molecule has 0 saturated heterocycles. The molecule has 0 aliphatic rings. The van der Waals surface area contributed by atoms with Crippen molar-refractivity contribution in [3.8, 4) is 0 Å². The first kappa shape index (κ1) is 15.2. The Labute approximate surface area is 116 Å². The molecule has 19 heavy (non-hydrogen) atoms. The molecule has 1 aromatic carbocycles. The molecule has 0 spiro atoms. The quantitative estimate of drug-likeness (QED) is 0.493. The van der Waals surface area contributed by atoms with Gasteiger partial charge in [0.1, 0.15) is 0 Å². The Hall–Kier alpha value is -1.82. The third-order valence-electron chi connectivity index (χ3n) is 2.58. The zero-order valence-electron chi connectivity index (χ0n) is 10.8. The van der Waals surface area contributed by atoms with Crippen LogP contribution in [0.4, 0.5) is 11.4 Å². The standard InChI is InChI=1S/C12H16ClN3O3/c1-7(2)3-4-15-12(17)9-5-8(16(18)19)6-10(13)11(9)14/h5-7H,3-4,14H2,1-2H3,(H,15,17). The summed E-state index contributed by atoms with van der Waals surface area (Å²) in [6, 6.07) is 2.26. The predicted octanol–water partition coefficient (Wildman–Crippen LogP) is 2.61. The van der Waals surface area contributed by atoms with Gasteiger partial charge >= 0.3 is 0 Å². The Bertz CT molecular complexity index is 503. The van der Waals surface area contributed by atoms with Crippen LogP contribution in [0.15, 0.2) is 12.1 Å². The lowest BCUT2D eigenvalue weighted by Gasteiger charge is -2.09. The highest BCUT2D eigenvalue weighted by Crippen LogP contribution is 2.28. The lowest BCUT2D eigenvalue weighted by atomic mass is 10.1. The van der Waals surface area contributed by atoms with E-state index in [2.05, 4.69) is 5.32 Å². The largest absolute Gasteiger partial charge is 0.397 e. The first-order valence-electron chi connectivity index (χ1n) is 5.84. The number of nitrogens with one attached hydrogen (secondary N) is 1. The van der Waals surface area contributed by atoms with E-state index in [-0.39, 0.29) is 22.0 Å². The molecule has 0 bridgehead atoms. The number of rotatable bonds is 5. The molecule has 0 aromatic heterocycles. The van der Waals surface area contributed by atoms with Crippen molar-refractivity contribution in [1.82, 2.24) is 5.32 Å². The second-order valence-corrected chi connectivity index (χ2v) is 4.99. The predicted molar refractivity (Wildman–Crippen MR) is 74.3 cm³/mol. The molecule has 0 atom stereocenters. The molecule has 1 aromatic rings. The topological polar surface area (TPSA) is 98.3 Å². The van der Waals surface area contributed by atoms with Crippen LogP contribution in [0.1, 0.15) is 30.6 Å². The van der Waals surface area contributed by atoms with Crippen molar-refractivity contribution in [2.75, 3.05) is 12.3 Å². The molecule has 0 radical (unpaired) electrons. The van der Waals surface area contributed by atoms with Crippen LogP contribution < -0.4 is 11.1 Å². The van der Waals surface area contributed by atoms with Crippen molar-refractivity contribution in [2.45, 2.75) is 20.3 Å². The Morgan fingerprint density at radius 2 is 2.16 bits per heavy atom. The Morgan fingerprint density at radius 1 is 1.53 bits per heavy atom. The van der Waals surface area contributed by atoms with Crippen molar-refractivity contribution in [2.24, 2.45) is 5.92 Å². The van der Waals surface area contributed by atoms with Crippen LogP contribution in [0.3, 0.4) is 0 Å². The number of amides is 1. The maximum absolute atomic E-state index is 11.9. The van der Waals surface area contributed by atoms with Gasteiger partial charge in [-0.25, -0.2) is 0 Å². The summed E-state index contributed by atoms with van der Waals surface area (Å²) in [6.45, 7) is 4.55. The summed E-state index contributed by atoms with van der Waals surface area (Å²) in [7, 11) is 0. The van der Waals surface area contributed by atoms with Gasteiger partial charge in [0.2, 0.25) is 0 Å². The van der Waals surface area contributed by atoms with Crippen LogP contribution in [-0.2, 0) is 0 Å². The second kappa shape index (κ2) is 6.38. The fraction of sp³-hybridized carbons (Fsp3) is 0.417. The van der Waals surface area contributed by atoms with E-state index in [1.807, 2.05) is 13.8 Å². The fourth-order valence-corrected chi connectivity index (χ4v) is 1.68. The number of halogens is 1. The van der Waals surface area contributed by atoms with E-state index in [0.29, 0.717) is 12.5 Å².